The van der Waals surface area contributed by atoms with Gasteiger partial charge in [0.25, 0.3) is 0 Å². The number of imidazole rings is 1. The van der Waals surface area contributed by atoms with Crippen LogP contribution in [-0.4, -0.2) is 9.55 Å². The van der Waals surface area contributed by atoms with Gasteiger partial charge in [0.05, 0.1) is 5.52 Å². The average molecular weight is 280 g/mol. The van der Waals surface area contributed by atoms with Crippen LogP contribution in [0.3, 0.4) is 0 Å². The number of hydrogen-bond acceptors (Lipinski definition) is 1. The molecule has 0 spiro atoms. The average Bonchev–Trinajstić information content (AvgIpc) is 3.22. The van der Waals surface area contributed by atoms with Crippen LogP contribution in [0.2, 0.25) is 0 Å². The van der Waals surface area contributed by atoms with E-state index in [1.807, 2.05) is 4.57 Å². The van der Waals surface area contributed by atoms with Gasteiger partial charge < -0.3 is 9.55 Å². The molecule has 5 heteroatoms. The molecule has 0 radical (unpaired) electrons. The zero-order valence-corrected chi connectivity index (χ0v) is 11.2. The fourth-order valence-electron chi connectivity index (χ4n) is 3.20. The number of rotatable bonds is 3. The molecule has 0 atom stereocenters. The minimum absolute atomic E-state index is 0.318. The molecular weight excluding hydrogens is 266 g/mol. The third-order valence-electron chi connectivity index (χ3n) is 4.61. The van der Waals surface area contributed by atoms with Crippen LogP contribution < -0.4 is 0 Å². The lowest BCUT2D eigenvalue weighted by molar-refractivity contribution is 0.373. The van der Waals surface area contributed by atoms with Crippen molar-refractivity contribution in [2.75, 3.05) is 0 Å². The Morgan fingerprint density at radius 3 is 2.68 bits per heavy atom. The van der Waals surface area contributed by atoms with Gasteiger partial charge in [-0.05, 0) is 55.3 Å². The fraction of sp³-hybridized carbons (Fsp3) is 0.500. The molecule has 1 N–H and O–H groups in total. The molecular formula is C14H14F2N2S. The molecule has 100 valence electrons. The van der Waals surface area contributed by atoms with E-state index in [0.717, 1.165) is 18.5 Å². The Morgan fingerprint density at radius 2 is 2.05 bits per heavy atom. The summed E-state index contributed by atoms with van der Waals surface area (Å²) in [6, 6.07) is 2.26. The van der Waals surface area contributed by atoms with Crippen molar-refractivity contribution in [1.29, 1.82) is 0 Å². The Hall–Kier alpha value is -1.23. The number of nitrogens with one attached hydrogen (secondary N) is 1. The van der Waals surface area contributed by atoms with E-state index >= 15 is 0 Å². The van der Waals surface area contributed by atoms with E-state index in [4.69, 9.17) is 12.2 Å². The first-order valence-corrected chi connectivity index (χ1v) is 7.07. The first kappa shape index (κ1) is 11.6. The van der Waals surface area contributed by atoms with Crippen LogP contribution in [-0.2, 0) is 6.54 Å². The number of fused-ring (bicyclic) bond motifs is 1. The van der Waals surface area contributed by atoms with E-state index in [2.05, 4.69) is 4.98 Å². The van der Waals surface area contributed by atoms with Gasteiger partial charge >= 0.3 is 0 Å². The molecule has 0 saturated heterocycles. The Balaban J connectivity index is 1.85. The number of aromatic nitrogens is 2. The van der Waals surface area contributed by atoms with E-state index in [9.17, 15) is 8.78 Å². The van der Waals surface area contributed by atoms with Gasteiger partial charge in [-0.25, -0.2) is 8.78 Å². The summed E-state index contributed by atoms with van der Waals surface area (Å²) in [7, 11) is 0. The van der Waals surface area contributed by atoms with E-state index in [1.54, 1.807) is 0 Å². The van der Waals surface area contributed by atoms with Crippen LogP contribution in [0.1, 0.15) is 25.7 Å². The van der Waals surface area contributed by atoms with Crippen LogP contribution in [0, 0.1) is 27.7 Å². The SMILES string of the molecule is Fc1cc(F)c2[nH]c(=S)n(CC3(C4CC4)CC3)c2c1. The van der Waals surface area contributed by atoms with Crippen LogP contribution in [0.4, 0.5) is 8.78 Å². The first-order chi connectivity index (χ1) is 9.09. The smallest absolute Gasteiger partial charge is 0.178 e. The van der Waals surface area contributed by atoms with Crippen molar-refractivity contribution in [2.24, 2.45) is 11.3 Å². The summed E-state index contributed by atoms with van der Waals surface area (Å²) in [6.45, 7) is 0.791. The van der Waals surface area contributed by atoms with Gasteiger partial charge in [0.1, 0.15) is 11.3 Å². The maximum atomic E-state index is 13.7. The summed E-state index contributed by atoms with van der Waals surface area (Å²) in [5, 5.41) is 0. The fourth-order valence-corrected chi connectivity index (χ4v) is 3.47. The molecule has 2 saturated carbocycles. The number of H-pyrrole nitrogens is 1. The van der Waals surface area contributed by atoms with E-state index in [-0.39, 0.29) is 0 Å². The summed E-state index contributed by atoms with van der Waals surface area (Å²) in [4.78, 5) is 2.87. The zero-order valence-electron chi connectivity index (χ0n) is 10.4. The summed E-state index contributed by atoms with van der Waals surface area (Å²) < 4.78 is 29.5. The van der Waals surface area contributed by atoms with Crippen molar-refractivity contribution in [3.63, 3.8) is 0 Å². The summed E-state index contributed by atoms with van der Waals surface area (Å²) in [6.07, 6.45) is 5.00. The molecule has 4 rings (SSSR count). The van der Waals surface area contributed by atoms with Crippen LogP contribution in [0.25, 0.3) is 11.0 Å². The Bertz CT molecular complexity index is 723. The topological polar surface area (TPSA) is 20.7 Å². The Labute approximate surface area is 114 Å². The minimum Gasteiger partial charge on any atom is -0.328 e. The molecule has 0 bridgehead atoms. The predicted molar refractivity (Wildman–Crippen MR) is 71.4 cm³/mol. The highest BCUT2D eigenvalue weighted by Gasteiger charge is 2.53. The predicted octanol–water partition coefficient (Wildman–Crippen LogP) is 4.17. The number of halogens is 2. The lowest BCUT2D eigenvalue weighted by Crippen LogP contribution is -2.13. The quantitative estimate of drug-likeness (QED) is 0.837. The summed E-state index contributed by atoms with van der Waals surface area (Å²) in [5.74, 6) is -0.335. The van der Waals surface area contributed by atoms with E-state index in [1.165, 1.54) is 31.7 Å². The molecule has 1 heterocycles. The molecule has 0 aliphatic heterocycles. The van der Waals surface area contributed by atoms with Gasteiger partial charge in [-0.1, -0.05) is 0 Å². The van der Waals surface area contributed by atoms with Crippen molar-refractivity contribution in [2.45, 2.75) is 32.2 Å². The van der Waals surface area contributed by atoms with Crippen molar-refractivity contribution in [1.82, 2.24) is 9.55 Å². The lowest BCUT2D eigenvalue weighted by atomic mass is 10.0. The van der Waals surface area contributed by atoms with Gasteiger partial charge in [-0.3, -0.25) is 0 Å². The molecule has 2 aromatic rings. The normalized spacial score (nSPS) is 20.9. The largest absolute Gasteiger partial charge is 0.328 e. The highest BCUT2D eigenvalue weighted by atomic mass is 32.1. The van der Waals surface area contributed by atoms with Crippen molar-refractivity contribution in [3.05, 3.63) is 28.5 Å². The summed E-state index contributed by atoms with van der Waals surface area (Å²) in [5.41, 5.74) is 1.21. The number of hydrogen-bond donors (Lipinski definition) is 1. The molecule has 2 fully saturated rings. The number of nitrogens with zero attached hydrogens (tertiary/aromatic N) is 1. The van der Waals surface area contributed by atoms with Crippen LogP contribution in [0.15, 0.2) is 12.1 Å². The lowest BCUT2D eigenvalue weighted by Gasteiger charge is -2.15. The van der Waals surface area contributed by atoms with Gasteiger partial charge in [0, 0.05) is 12.6 Å². The standard InChI is InChI=1S/C14H14F2N2S/c15-9-5-10(16)12-11(6-9)18(13(19)17-12)7-14(3-4-14)8-1-2-8/h5-6,8H,1-4,7H2,(H,17,19). The second-order valence-corrected chi connectivity index (χ2v) is 6.32. The van der Waals surface area contributed by atoms with Gasteiger partial charge in [-0.2, -0.15) is 0 Å². The molecule has 1 aromatic carbocycles. The third kappa shape index (κ3) is 1.75. The van der Waals surface area contributed by atoms with Gasteiger partial charge in [0.15, 0.2) is 10.6 Å². The Kier molecular flexibility index (Phi) is 2.23. The minimum atomic E-state index is -0.573. The van der Waals surface area contributed by atoms with E-state index < -0.39 is 11.6 Å². The van der Waals surface area contributed by atoms with Gasteiger partial charge in [0.2, 0.25) is 0 Å². The molecule has 2 aliphatic carbocycles. The number of benzene rings is 1. The van der Waals surface area contributed by atoms with Gasteiger partial charge in [-0.15, -0.1) is 0 Å². The molecule has 1 aromatic heterocycles. The van der Waals surface area contributed by atoms with Crippen molar-refractivity contribution in [3.8, 4) is 0 Å². The molecule has 19 heavy (non-hydrogen) atoms. The highest BCUT2D eigenvalue weighted by Crippen LogP contribution is 2.62. The number of aromatic amines is 1. The van der Waals surface area contributed by atoms with Crippen molar-refractivity contribution >= 4 is 23.3 Å². The third-order valence-corrected chi connectivity index (χ3v) is 4.93. The maximum absolute atomic E-state index is 13.7. The summed E-state index contributed by atoms with van der Waals surface area (Å²) >= 11 is 5.28. The molecule has 0 amide bonds. The maximum Gasteiger partial charge on any atom is 0.178 e. The molecule has 2 aliphatic rings. The zero-order chi connectivity index (χ0) is 13.2. The second kappa shape index (κ2) is 3.66. The molecule has 2 nitrogen and oxygen atoms in total. The van der Waals surface area contributed by atoms with Crippen LogP contribution in [0.5, 0.6) is 0 Å². The second-order valence-electron chi connectivity index (χ2n) is 5.93. The first-order valence-electron chi connectivity index (χ1n) is 6.67. The van der Waals surface area contributed by atoms with E-state index in [0.29, 0.717) is 21.2 Å². The van der Waals surface area contributed by atoms with Crippen molar-refractivity contribution < 1.29 is 8.78 Å². The monoisotopic (exact) mass is 280 g/mol. The Morgan fingerprint density at radius 1 is 1.32 bits per heavy atom. The van der Waals surface area contributed by atoms with Crippen LogP contribution >= 0.6 is 12.2 Å². The highest BCUT2D eigenvalue weighted by molar-refractivity contribution is 7.71. The molecule has 0 unspecified atom stereocenters.